The van der Waals surface area contributed by atoms with E-state index in [9.17, 15) is 4.79 Å². The van der Waals surface area contributed by atoms with Gasteiger partial charge in [-0.3, -0.25) is 4.79 Å². The van der Waals surface area contributed by atoms with Gasteiger partial charge < -0.3 is 5.32 Å². The van der Waals surface area contributed by atoms with Gasteiger partial charge in [-0.2, -0.15) is 0 Å². The molecule has 0 saturated heterocycles. The number of rotatable bonds is 1. The number of amides is 1. The van der Waals surface area contributed by atoms with Crippen molar-refractivity contribution in [3.05, 3.63) is 64.7 Å². The molecule has 2 heteroatoms. The highest BCUT2D eigenvalue weighted by atomic mass is 16.1. The molecule has 2 aromatic carbocycles. The number of hydrogen-bond donors (Lipinski definition) is 1. The van der Waals surface area contributed by atoms with Crippen LogP contribution in [0.5, 0.6) is 0 Å². The molecule has 6 rings (SSSR count). The van der Waals surface area contributed by atoms with E-state index < -0.39 is 0 Å². The molecule has 2 nitrogen and oxygen atoms in total. The van der Waals surface area contributed by atoms with Crippen LogP contribution >= 0.6 is 0 Å². The predicted octanol–water partition coefficient (Wildman–Crippen LogP) is 4.31. The van der Waals surface area contributed by atoms with Gasteiger partial charge in [0.2, 0.25) is 5.91 Å². The van der Waals surface area contributed by atoms with Gasteiger partial charge in [-0.05, 0) is 66.8 Å². The number of hydrogen-bond acceptors (Lipinski definition) is 1. The normalized spacial score (nSPS) is 14.6. The number of carbonyl (C=O) groups excluding carboxylic acids is 1. The van der Waals surface area contributed by atoms with Crippen LogP contribution in [0, 0.1) is 0 Å². The van der Waals surface area contributed by atoms with Crippen molar-refractivity contribution >= 4 is 11.6 Å². The molecule has 22 heavy (non-hydrogen) atoms. The van der Waals surface area contributed by atoms with Gasteiger partial charge in [0.15, 0.2) is 0 Å². The van der Waals surface area contributed by atoms with Crippen LogP contribution in [-0.4, -0.2) is 5.91 Å². The molecule has 4 aliphatic carbocycles. The Morgan fingerprint density at radius 3 is 2.00 bits per heavy atom. The first-order valence-corrected chi connectivity index (χ1v) is 8.18. The molecule has 0 aliphatic heterocycles. The van der Waals surface area contributed by atoms with Crippen LogP contribution in [0.2, 0.25) is 0 Å². The molecule has 1 amide bonds. The Morgan fingerprint density at radius 1 is 0.818 bits per heavy atom. The van der Waals surface area contributed by atoms with Crippen molar-refractivity contribution in [2.45, 2.75) is 45.4 Å². The summed E-state index contributed by atoms with van der Waals surface area (Å²) in [6, 6.07) is 15.6. The molecule has 114 valence electrons. The molecule has 0 unspecified atom stereocenters. The molecule has 0 atom stereocenters. The summed E-state index contributed by atoms with van der Waals surface area (Å²) in [5.74, 6) is 0.00868. The average Bonchev–Trinajstić information content (AvgIpc) is 2.50. The first-order chi connectivity index (χ1) is 10.7. The molecule has 0 aromatic heterocycles. The molecule has 0 radical (unpaired) electrons. The molecule has 4 bridgehead atoms. The topological polar surface area (TPSA) is 29.1 Å². The van der Waals surface area contributed by atoms with Crippen LogP contribution in [-0.2, 0) is 30.5 Å². The Bertz CT molecular complexity index is 658. The van der Waals surface area contributed by atoms with Crippen LogP contribution in [0.1, 0.15) is 42.0 Å². The second-order valence-corrected chi connectivity index (χ2v) is 6.20. The molecular weight excluding hydrogens is 270 g/mol. The lowest BCUT2D eigenvalue weighted by atomic mass is 9.96. The zero-order valence-corrected chi connectivity index (χ0v) is 13.2. The van der Waals surface area contributed by atoms with E-state index in [1.54, 1.807) is 6.92 Å². The van der Waals surface area contributed by atoms with Crippen molar-refractivity contribution < 1.29 is 4.79 Å². The highest BCUT2D eigenvalue weighted by Crippen LogP contribution is 2.22. The minimum atomic E-state index is 0.00868. The summed E-state index contributed by atoms with van der Waals surface area (Å²) in [5.41, 5.74) is 6.36. The van der Waals surface area contributed by atoms with E-state index in [2.05, 4.69) is 47.8 Å². The monoisotopic (exact) mass is 293 g/mol. The van der Waals surface area contributed by atoms with Gasteiger partial charge in [0.05, 0.1) is 0 Å². The van der Waals surface area contributed by atoms with Gasteiger partial charge in [0.1, 0.15) is 0 Å². The Kier molecular flexibility index (Phi) is 4.57. The zero-order chi connectivity index (χ0) is 15.4. The van der Waals surface area contributed by atoms with Crippen molar-refractivity contribution in [1.82, 2.24) is 0 Å². The highest BCUT2D eigenvalue weighted by molar-refractivity contribution is 5.89. The third kappa shape index (κ3) is 3.76. The van der Waals surface area contributed by atoms with Crippen molar-refractivity contribution in [2.75, 3.05) is 5.32 Å². The third-order valence-corrected chi connectivity index (χ3v) is 4.35. The minimum absolute atomic E-state index is 0.00868. The smallest absolute Gasteiger partial charge is 0.221 e. The van der Waals surface area contributed by atoms with Crippen molar-refractivity contribution in [1.29, 1.82) is 0 Å². The van der Waals surface area contributed by atoms with E-state index in [1.165, 1.54) is 22.3 Å². The lowest BCUT2D eigenvalue weighted by Gasteiger charge is -2.14. The van der Waals surface area contributed by atoms with Gasteiger partial charge in [-0.1, -0.05) is 36.4 Å². The van der Waals surface area contributed by atoms with E-state index in [-0.39, 0.29) is 5.91 Å². The molecule has 0 spiro atoms. The Hall–Kier alpha value is -2.09. The van der Waals surface area contributed by atoms with Crippen molar-refractivity contribution in [3.8, 4) is 0 Å². The summed E-state index contributed by atoms with van der Waals surface area (Å²) in [4.78, 5) is 11.4. The fourth-order valence-electron chi connectivity index (χ4n) is 3.16. The number of carbonyl (C=O) groups is 1. The predicted molar refractivity (Wildman–Crippen MR) is 91.2 cm³/mol. The van der Waals surface area contributed by atoms with E-state index in [1.807, 2.05) is 0 Å². The summed E-state index contributed by atoms with van der Waals surface area (Å²) >= 11 is 0. The van der Waals surface area contributed by atoms with E-state index >= 15 is 0 Å². The fraction of sp³-hybridized carbons (Fsp3) is 0.350. The number of nitrogens with one attached hydrogen (secondary N) is 1. The Balaban J connectivity index is 1.86. The molecule has 0 saturated carbocycles. The first-order valence-electron chi connectivity index (χ1n) is 8.18. The highest BCUT2D eigenvalue weighted by Gasteiger charge is 2.07. The molecular formula is C20H23NO. The summed E-state index contributed by atoms with van der Waals surface area (Å²) in [5, 5.41) is 3.00. The second-order valence-electron chi connectivity index (χ2n) is 6.20. The first kappa shape index (κ1) is 14.8. The molecule has 0 fully saturated rings. The standard InChI is InChI=1S/C20H23NO/c1-15(22)21-20-14-18-6-2-4-16-8-10-17(11-9-16)5-3-7-19(20)13-12-18/h8-14H,2-7H2,1H3,(H,21,22). The molecule has 0 heterocycles. The van der Waals surface area contributed by atoms with Gasteiger partial charge in [-0.25, -0.2) is 0 Å². The largest absolute Gasteiger partial charge is 0.326 e. The number of aryl methyl sites for hydroxylation is 4. The average molecular weight is 293 g/mol. The maximum Gasteiger partial charge on any atom is 0.221 e. The van der Waals surface area contributed by atoms with Crippen LogP contribution < -0.4 is 5.32 Å². The Labute approximate surface area is 132 Å². The SMILES string of the molecule is CC(=O)Nc1cc2ccc1CCCc1ccc(cc1)CCC2. The lowest BCUT2D eigenvalue weighted by Crippen LogP contribution is -2.09. The summed E-state index contributed by atoms with van der Waals surface area (Å²) in [6.45, 7) is 1.58. The van der Waals surface area contributed by atoms with Crippen LogP contribution in [0.25, 0.3) is 0 Å². The van der Waals surface area contributed by atoms with E-state index in [4.69, 9.17) is 0 Å². The third-order valence-electron chi connectivity index (χ3n) is 4.35. The van der Waals surface area contributed by atoms with Crippen molar-refractivity contribution in [2.24, 2.45) is 0 Å². The summed E-state index contributed by atoms with van der Waals surface area (Å²) in [6.07, 6.45) is 6.48. The minimum Gasteiger partial charge on any atom is -0.326 e. The summed E-state index contributed by atoms with van der Waals surface area (Å²) in [7, 11) is 0. The van der Waals surface area contributed by atoms with Crippen LogP contribution in [0.15, 0.2) is 42.5 Å². The molecule has 4 aliphatic rings. The number of benzene rings is 2. The van der Waals surface area contributed by atoms with E-state index in [0.29, 0.717) is 0 Å². The molecule has 1 N–H and O–H groups in total. The number of anilines is 1. The van der Waals surface area contributed by atoms with Crippen LogP contribution in [0.4, 0.5) is 5.69 Å². The van der Waals surface area contributed by atoms with Gasteiger partial charge in [0, 0.05) is 12.6 Å². The van der Waals surface area contributed by atoms with Gasteiger partial charge >= 0.3 is 0 Å². The maximum atomic E-state index is 11.4. The van der Waals surface area contributed by atoms with Gasteiger partial charge in [0.25, 0.3) is 0 Å². The quantitative estimate of drug-likeness (QED) is 0.834. The fourth-order valence-corrected chi connectivity index (χ4v) is 3.16. The zero-order valence-electron chi connectivity index (χ0n) is 13.2. The van der Waals surface area contributed by atoms with Crippen molar-refractivity contribution in [3.63, 3.8) is 0 Å². The summed E-state index contributed by atoms with van der Waals surface area (Å²) < 4.78 is 0. The maximum absolute atomic E-state index is 11.4. The molecule has 2 aromatic rings. The lowest BCUT2D eigenvalue weighted by molar-refractivity contribution is -0.114. The second kappa shape index (κ2) is 6.78. The van der Waals surface area contributed by atoms with Gasteiger partial charge in [-0.15, -0.1) is 0 Å². The van der Waals surface area contributed by atoms with E-state index in [0.717, 1.165) is 44.2 Å². The Morgan fingerprint density at radius 2 is 1.36 bits per heavy atom. The van der Waals surface area contributed by atoms with Crippen LogP contribution in [0.3, 0.4) is 0 Å².